The summed E-state index contributed by atoms with van der Waals surface area (Å²) in [6.45, 7) is 6.30. The van der Waals surface area contributed by atoms with Gasteiger partial charge in [0.25, 0.3) is 0 Å². The first-order chi connectivity index (χ1) is 11.5. The van der Waals surface area contributed by atoms with Gasteiger partial charge in [0, 0.05) is 18.2 Å². The van der Waals surface area contributed by atoms with E-state index in [-0.39, 0.29) is 30.5 Å². The van der Waals surface area contributed by atoms with Crippen LogP contribution in [0.15, 0.2) is 10.6 Å². The van der Waals surface area contributed by atoms with Gasteiger partial charge in [0.05, 0.1) is 18.6 Å². The van der Waals surface area contributed by atoms with Crippen molar-refractivity contribution in [2.24, 2.45) is 5.41 Å². The summed E-state index contributed by atoms with van der Waals surface area (Å²) < 4.78 is 10.3. The maximum Gasteiger partial charge on any atom is 0.313 e. The molecule has 2 saturated heterocycles. The zero-order valence-corrected chi connectivity index (χ0v) is 14.5. The molecule has 1 amide bonds. The van der Waals surface area contributed by atoms with Gasteiger partial charge in [0.2, 0.25) is 5.91 Å². The number of hydrogen-bond acceptors (Lipinski definition) is 6. The first-order valence-electron chi connectivity index (χ1n) is 8.66. The number of aryl methyl sites for hydroxylation is 1. The van der Waals surface area contributed by atoms with E-state index in [4.69, 9.17) is 9.26 Å². The fourth-order valence-electron chi connectivity index (χ4n) is 4.34. The van der Waals surface area contributed by atoms with E-state index in [1.165, 1.54) is 0 Å². The molecule has 7 heteroatoms. The number of esters is 1. The van der Waals surface area contributed by atoms with E-state index in [2.05, 4.69) is 15.4 Å². The molecule has 3 rings (SSSR count). The van der Waals surface area contributed by atoms with Crippen LogP contribution in [0.3, 0.4) is 0 Å². The number of amides is 1. The van der Waals surface area contributed by atoms with Crippen molar-refractivity contribution in [3.8, 4) is 0 Å². The van der Waals surface area contributed by atoms with E-state index < -0.39 is 5.41 Å². The second-order valence-corrected chi connectivity index (χ2v) is 6.72. The Labute approximate surface area is 141 Å². The first-order valence-corrected chi connectivity index (χ1v) is 8.66. The average Bonchev–Trinajstić information content (AvgIpc) is 3.21. The summed E-state index contributed by atoms with van der Waals surface area (Å²) in [5, 5.41) is 6.54. The summed E-state index contributed by atoms with van der Waals surface area (Å²) in [7, 11) is 0. The van der Waals surface area contributed by atoms with E-state index in [1.54, 1.807) is 13.0 Å². The molecule has 0 spiro atoms. The van der Waals surface area contributed by atoms with Gasteiger partial charge in [0.1, 0.15) is 5.76 Å². The lowest BCUT2D eigenvalue weighted by Crippen LogP contribution is -2.45. The number of carbonyl (C=O) groups excluding carboxylic acids is 2. The minimum absolute atomic E-state index is 0.0799. The zero-order valence-electron chi connectivity index (χ0n) is 14.5. The van der Waals surface area contributed by atoms with E-state index in [9.17, 15) is 9.59 Å². The highest BCUT2D eigenvalue weighted by molar-refractivity contribution is 5.91. The number of rotatable bonds is 6. The molecular weight excluding hydrogens is 310 g/mol. The summed E-state index contributed by atoms with van der Waals surface area (Å²) in [4.78, 5) is 27.1. The molecule has 0 saturated carbocycles. The van der Waals surface area contributed by atoms with Crippen molar-refractivity contribution in [1.82, 2.24) is 10.1 Å². The quantitative estimate of drug-likeness (QED) is 0.802. The van der Waals surface area contributed by atoms with Crippen LogP contribution < -0.4 is 5.32 Å². The number of fused-ring (bicyclic) bond motifs is 2. The van der Waals surface area contributed by atoms with Crippen LogP contribution in [0.2, 0.25) is 0 Å². The minimum atomic E-state index is -0.469. The molecule has 2 aliphatic heterocycles. The number of anilines is 1. The fourth-order valence-corrected chi connectivity index (χ4v) is 4.34. The lowest BCUT2D eigenvalue weighted by molar-refractivity contribution is -0.158. The third-order valence-corrected chi connectivity index (χ3v) is 5.41. The topological polar surface area (TPSA) is 84.7 Å². The monoisotopic (exact) mass is 335 g/mol. The molecule has 2 aliphatic rings. The van der Waals surface area contributed by atoms with Gasteiger partial charge in [-0.2, -0.15) is 0 Å². The molecule has 3 heterocycles. The summed E-state index contributed by atoms with van der Waals surface area (Å²) >= 11 is 0. The number of ether oxygens (including phenoxy) is 1. The molecule has 0 unspecified atom stereocenters. The normalized spacial score (nSPS) is 29.0. The Bertz CT molecular complexity index is 629. The van der Waals surface area contributed by atoms with Crippen molar-refractivity contribution in [1.29, 1.82) is 0 Å². The second kappa shape index (κ2) is 6.55. The van der Waals surface area contributed by atoms with Crippen LogP contribution in [0.1, 0.15) is 45.3 Å². The van der Waals surface area contributed by atoms with Crippen molar-refractivity contribution in [2.75, 3.05) is 18.5 Å². The van der Waals surface area contributed by atoms with Gasteiger partial charge < -0.3 is 14.6 Å². The Morgan fingerprint density at radius 2 is 2.25 bits per heavy atom. The van der Waals surface area contributed by atoms with Crippen molar-refractivity contribution >= 4 is 17.7 Å². The molecule has 0 radical (unpaired) electrons. The lowest BCUT2D eigenvalue weighted by Gasteiger charge is -2.34. The van der Waals surface area contributed by atoms with Gasteiger partial charge in [-0.25, -0.2) is 0 Å². The highest BCUT2D eigenvalue weighted by Gasteiger charge is 2.59. The second-order valence-electron chi connectivity index (χ2n) is 6.72. The van der Waals surface area contributed by atoms with Crippen LogP contribution in [0.4, 0.5) is 5.82 Å². The minimum Gasteiger partial charge on any atom is -0.466 e. The molecule has 2 fully saturated rings. The number of hydrogen-bond donors (Lipinski definition) is 1. The molecule has 0 aromatic carbocycles. The third kappa shape index (κ3) is 2.81. The number of nitrogens with one attached hydrogen (secondary N) is 1. The molecule has 3 atom stereocenters. The smallest absolute Gasteiger partial charge is 0.313 e. The standard InChI is InChI=1S/C17H25N3O4/c1-4-17(16(22)23-5-2)9-12-6-7-13(17)20(12)10-15(21)18-14-8-11(3)24-19-14/h8,12-13H,4-7,9-10H2,1-3H3,(H,18,19,21)/t12-,13+,17+/m1/s1. The van der Waals surface area contributed by atoms with Crippen LogP contribution in [-0.4, -0.2) is 47.2 Å². The lowest BCUT2D eigenvalue weighted by atomic mass is 9.72. The van der Waals surface area contributed by atoms with Crippen molar-refractivity contribution in [3.05, 3.63) is 11.8 Å². The van der Waals surface area contributed by atoms with Gasteiger partial charge in [-0.1, -0.05) is 12.1 Å². The predicted octanol–water partition coefficient (Wildman–Crippen LogP) is 2.12. The Kier molecular flexibility index (Phi) is 4.62. The molecule has 7 nitrogen and oxygen atoms in total. The molecule has 1 aromatic rings. The van der Waals surface area contributed by atoms with E-state index in [0.717, 1.165) is 25.7 Å². The van der Waals surface area contributed by atoms with Gasteiger partial charge in [-0.05, 0) is 39.5 Å². The average molecular weight is 335 g/mol. The van der Waals surface area contributed by atoms with Crippen LogP contribution in [0.5, 0.6) is 0 Å². The van der Waals surface area contributed by atoms with E-state index in [1.807, 2.05) is 13.8 Å². The van der Waals surface area contributed by atoms with Crippen molar-refractivity contribution < 1.29 is 18.8 Å². The molecule has 2 bridgehead atoms. The first kappa shape index (κ1) is 17.0. The summed E-state index contributed by atoms with van der Waals surface area (Å²) in [5.41, 5.74) is -0.469. The molecular formula is C17H25N3O4. The molecule has 132 valence electrons. The Hall–Kier alpha value is -1.89. The molecule has 1 N–H and O–H groups in total. The number of carbonyl (C=O) groups is 2. The predicted molar refractivity (Wildman–Crippen MR) is 87.4 cm³/mol. The van der Waals surface area contributed by atoms with Crippen LogP contribution in [0.25, 0.3) is 0 Å². The van der Waals surface area contributed by atoms with Crippen molar-refractivity contribution in [3.63, 3.8) is 0 Å². The van der Waals surface area contributed by atoms with Gasteiger partial charge in [0.15, 0.2) is 5.82 Å². The molecule has 1 aromatic heterocycles. The number of aromatic nitrogens is 1. The van der Waals surface area contributed by atoms with Gasteiger partial charge >= 0.3 is 5.97 Å². The maximum absolute atomic E-state index is 12.5. The van der Waals surface area contributed by atoms with Gasteiger partial charge in [-0.15, -0.1) is 0 Å². The van der Waals surface area contributed by atoms with Crippen LogP contribution >= 0.6 is 0 Å². The van der Waals surface area contributed by atoms with Crippen molar-refractivity contribution in [2.45, 2.75) is 58.5 Å². The molecule has 0 aliphatic carbocycles. The highest BCUT2D eigenvalue weighted by atomic mass is 16.5. The molecule has 24 heavy (non-hydrogen) atoms. The Morgan fingerprint density at radius 1 is 1.46 bits per heavy atom. The highest BCUT2D eigenvalue weighted by Crippen LogP contribution is 2.52. The fraction of sp³-hybridized carbons (Fsp3) is 0.706. The summed E-state index contributed by atoms with van der Waals surface area (Å²) in [6, 6.07) is 2.03. The maximum atomic E-state index is 12.5. The van der Waals surface area contributed by atoms with Crippen LogP contribution in [0, 0.1) is 12.3 Å². The largest absolute Gasteiger partial charge is 0.466 e. The third-order valence-electron chi connectivity index (χ3n) is 5.41. The SMILES string of the molecule is CCOC(=O)[C@@]1(CC)C[C@H]2CC[C@@H]1N2CC(=O)Nc1cc(C)on1. The summed E-state index contributed by atoms with van der Waals surface area (Å²) in [5.74, 6) is 0.836. The zero-order chi connectivity index (χ0) is 17.3. The Balaban J connectivity index is 1.68. The van der Waals surface area contributed by atoms with Crippen LogP contribution in [-0.2, 0) is 14.3 Å². The summed E-state index contributed by atoms with van der Waals surface area (Å²) in [6.07, 6.45) is 3.49. The van der Waals surface area contributed by atoms with E-state index >= 15 is 0 Å². The Morgan fingerprint density at radius 3 is 2.88 bits per heavy atom. The number of nitrogens with zero attached hydrogens (tertiary/aromatic N) is 2. The van der Waals surface area contributed by atoms with Gasteiger partial charge in [-0.3, -0.25) is 14.5 Å². The van der Waals surface area contributed by atoms with E-state index in [0.29, 0.717) is 18.2 Å².